The Hall–Kier alpha value is -0.360. The van der Waals surface area contributed by atoms with Crippen LogP contribution in [0.15, 0.2) is 0 Å². The zero-order valence-corrected chi connectivity index (χ0v) is 12.5. The van der Waals surface area contributed by atoms with E-state index in [1.807, 2.05) is 37.4 Å². The summed E-state index contributed by atoms with van der Waals surface area (Å²) in [4.78, 5) is 22.8. The summed E-state index contributed by atoms with van der Waals surface area (Å²) in [5, 5.41) is 12.0. The number of rotatable bonds is 6. The molecule has 104 valence electrons. The van der Waals surface area contributed by atoms with E-state index in [0.29, 0.717) is 18.1 Å². The fraction of sp³-hybridized carbons (Fsp3) is 0.833. The maximum Gasteiger partial charge on any atom is 0.326 e. The van der Waals surface area contributed by atoms with Crippen molar-refractivity contribution in [2.45, 2.75) is 38.0 Å². The molecule has 1 rings (SSSR count). The monoisotopic (exact) mass is 291 g/mol. The van der Waals surface area contributed by atoms with Crippen molar-refractivity contribution in [2.24, 2.45) is 5.92 Å². The van der Waals surface area contributed by atoms with Crippen LogP contribution >= 0.6 is 23.5 Å². The molecule has 18 heavy (non-hydrogen) atoms. The molecule has 2 unspecified atom stereocenters. The molecule has 1 aliphatic heterocycles. The molecule has 4 nitrogen and oxygen atoms in total. The number of carbonyl (C=O) groups excluding carboxylic acids is 1. The third-order valence-electron chi connectivity index (χ3n) is 2.64. The quantitative estimate of drug-likeness (QED) is 0.781. The number of hydrogen-bond acceptors (Lipinski definition) is 4. The second-order valence-corrected chi connectivity index (χ2v) is 7.42. The van der Waals surface area contributed by atoms with Gasteiger partial charge >= 0.3 is 5.97 Å². The Balaban J connectivity index is 2.37. The Labute approximate surface area is 117 Å². The summed E-state index contributed by atoms with van der Waals surface area (Å²) in [5.74, 6) is 2.39. The SMILES string of the molecule is CC(C)CC(NC(=O)CC1CSCCS1)C(=O)O. The van der Waals surface area contributed by atoms with Crippen molar-refractivity contribution in [1.29, 1.82) is 0 Å². The van der Waals surface area contributed by atoms with Gasteiger partial charge in [-0.25, -0.2) is 4.79 Å². The van der Waals surface area contributed by atoms with Gasteiger partial charge in [0.05, 0.1) is 0 Å². The van der Waals surface area contributed by atoms with Crippen molar-refractivity contribution in [3.8, 4) is 0 Å². The lowest BCUT2D eigenvalue weighted by Gasteiger charge is -2.22. The van der Waals surface area contributed by atoms with Gasteiger partial charge in [-0.2, -0.15) is 23.5 Å². The number of carbonyl (C=O) groups is 2. The van der Waals surface area contributed by atoms with Crippen LogP contribution in [0.2, 0.25) is 0 Å². The van der Waals surface area contributed by atoms with Crippen molar-refractivity contribution < 1.29 is 14.7 Å². The molecule has 2 atom stereocenters. The topological polar surface area (TPSA) is 66.4 Å². The molecule has 0 aromatic rings. The summed E-state index contributed by atoms with van der Waals surface area (Å²) in [6.07, 6.45) is 0.910. The first-order chi connectivity index (χ1) is 8.49. The second kappa shape index (κ2) is 7.94. The maximum absolute atomic E-state index is 11.8. The zero-order valence-electron chi connectivity index (χ0n) is 10.8. The number of thioether (sulfide) groups is 2. The lowest BCUT2D eigenvalue weighted by atomic mass is 10.0. The number of carboxylic acids is 1. The molecule has 1 heterocycles. The molecular weight excluding hydrogens is 270 g/mol. The van der Waals surface area contributed by atoms with Crippen molar-refractivity contribution in [3.05, 3.63) is 0 Å². The van der Waals surface area contributed by atoms with E-state index in [1.165, 1.54) is 0 Å². The molecular formula is C12H21NO3S2. The molecule has 0 bridgehead atoms. The van der Waals surface area contributed by atoms with Crippen molar-refractivity contribution in [3.63, 3.8) is 0 Å². The van der Waals surface area contributed by atoms with Gasteiger partial charge in [-0.1, -0.05) is 13.8 Å². The summed E-state index contributed by atoms with van der Waals surface area (Å²) in [6, 6.07) is -0.751. The Morgan fingerprint density at radius 2 is 2.11 bits per heavy atom. The largest absolute Gasteiger partial charge is 0.480 e. The van der Waals surface area contributed by atoms with Gasteiger partial charge in [0, 0.05) is 28.9 Å². The molecule has 0 saturated carbocycles. The highest BCUT2D eigenvalue weighted by atomic mass is 32.2. The normalized spacial score (nSPS) is 21.6. The molecule has 6 heteroatoms. The average molecular weight is 291 g/mol. The first-order valence-electron chi connectivity index (χ1n) is 6.20. The van der Waals surface area contributed by atoms with Gasteiger partial charge in [0.1, 0.15) is 6.04 Å². The van der Waals surface area contributed by atoms with E-state index in [1.54, 1.807) is 0 Å². The third-order valence-corrected chi connectivity index (χ3v) is 5.48. The highest BCUT2D eigenvalue weighted by Gasteiger charge is 2.23. The summed E-state index contributed by atoms with van der Waals surface area (Å²) < 4.78 is 0. The minimum atomic E-state index is -0.942. The van der Waals surface area contributed by atoms with Gasteiger partial charge in [0.15, 0.2) is 0 Å². The molecule has 0 spiro atoms. The number of carboxylic acid groups (broad SMARTS) is 1. The molecule has 0 radical (unpaired) electrons. The molecule has 1 amide bonds. The van der Waals surface area contributed by atoms with Crippen LogP contribution in [0.1, 0.15) is 26.7 Å². The van der Waals surface area contributed by atoms with Gasteiger partial charge in [0.2, 0.25) is 5.91 Å². The fourth-order valence-electron chi connectivity index (χ4n) is 1.81. The summed E-state index contributed by atoms with van der Waals surface area (Å²) in [6.45, 7) is 3.91. The van der Waals surface area contributed by atoms with Gasteiger partial charge < -0.3 is 10.4 Å². The highest BCUT2D eigenvalue weighted by Crippen LogP contribution is 2.26. The molecule has 0 aromatic heterocycles. The predicted octanol–water partition coefficient (Wildman–Crippen LogP) is 1.84. The van der Waals surface area contributed by atoms with E-state index in [2.05, 4.69) is 5.32 Å². The van der Waals surface area contributed by atoms with Gasteiger partial charge in [-0.3, -0.25) is 4.79 Å². The summed E-state index contributed by atoms with van der Waals surface area (Å²) in [7, 11) is 0. The summed E-state index contributed by atoms with van der Waals surface area (Å²) >= 11 is 3.68. The second-order valence-electron chi connectivity index (χ2n) is 4.86. The number of hydrogen-bond donors (Lipinski definition) is 2. The zero-order chi connectivity index (χ0) is 13.5. The van der Waals surface area contributed by atoms with E-state index in [0.717, 1.165) is 17.3 Å². The van der Waals surface area contributed by atoms with Crippen LogP contribution in [0.5, 0.6) is 0 Å². The van der Waals surface area contributed by atoms with Gasteiger partial charge in [-0.15, -0.1) is 0 Å². The van der Waals surface area contributed by atoms with Crippen molar-refractivity contribution >= 4 is 35.4 Å². The Bertz CT molecular complexity index is 291. The Morgan fingerprint density at radius 3 is 2.61 bits per heavy atom. The molecule has 1 fully saturated rings. The standard InChI is InChI=1S/C12H21NO3S2/c1-8(2)5-10(12(15)16)13-11(14)6-9-7-17-3-4-18-9/h8-10H,3-7H2,1-2H3,(H,13,14)(H,15,16). The van der Waals surface area contributed by atoms with Gasteiger partial charge in [-0.05, 0) is 12.3 Å². The molecule has 0 aliphatic carbocycles. The van der Waals surface area contributed by atoms with E-state index in [9.17, 15) is 9.59 Å². The fourth-order valence-corrected chi connectivity index (χ4v) is 4.49. The van der Waals surface area contributed by atoms with Crippen molar-refractivity contribution in [2.75, 3.05) is 17.3 Å². The van der Waals surface area contributed by atoms with Crippen LogP contribution in [0.25, 0.3) is 0 Å². The van der Waals surface area contributed by atoms with E-state index in [4.69, 9.17) is 5.11 Å². The first kappa shape index (κ1) is 15.7. The van der Waals surface area contributed by atoms with Crippen LogP contribution in [0.3, 0.4) is 0 Å². The van der Waals surface area contributed by atoms with Gasteiger partial charge in [0.25, 0.3) is 0 Å². The van der Waals surface area contributed by atoms with E-state index in [-0.39, 0.29) is 11.8 Å². The number of amides is 1. The van der Waals surface area contributed by atoms with Crippen LogP contribution in [-0.2, 0) is 9.59 Å². The molecule has 1 aliphatic rings. The van der Waals surface area contributed by atoms with Crippen LogP contribution in [0, 0.1) is 5.92 Å². The lowest BCUT2D eigenvalue weighted by molar-refractivity contribution is -0.142. The Morgan fingerprint density at radius 1 is 1.39 bits per heavy atom. The number of nitrogens with one attached hydrogen (secondary N) is 1. The minimum Gasteiger partial charge on any atom is -0.480 e. The maximum atomic E-state index is 11.8. The highest BCUT2D eigenvalue weighted by molar-refractivity contribution is 8.06. The molecule has 0 aromatic carbocycles. The summed E-state index contributed by atoms with van der Waals surface area (Å²) in [5.41, 5.74) is 0. The average Bonchev–Trinajstić information content (AvgIpc) is 2.28. The van der Waals surface area contributed by atoms with Crippen molar-refractivity contribution in [1.82, 2.24) is 5.32 Å². The van der Waals surface area contributed by atoms with Crippen LogP contribution < -0.4 is 5.32 Å². The van der Waals surface area contributed by atoms with Crippen LogP contribution in [0.4, 0.5) is 0 Å². The first-order valence-corrected chi connectivity index (χ1v) is 8.41. The minimum absolute atomic E-state index is 0.136. The van der Waals surface area contributed by atoms with E-state index >= 15 is 0 Å². The van der Waals surface area contributed by atoms with E-state index < -0.39 is 12.0 Å². The predicted molar refractivity (Wildman–Crippen MR) is 77.2 cm³/mol. The Kier molecular flexibility index (Phi) is 6.92. The van der Waals surface area contributed by atoms with Crippen LogP contribution in [-0.4, -0.2) is 45.5 Å². The molecule has 1 saturated heterocycles. The smallest absolute Gasteiger partial charge is 0.326 e. The number of aliphatic carboxylic acids is 1. The third kappa shape index (κ3) is 6.00. The lowest BCUT2D eigenvalue weighted by Crippen LogP contribution is -2.42. The molecule has 2 N–H and O–H groups in total.